The highest BCUT2D eigenvalue weighted by Gasteiger charge is 2.20. The van der Waals surface area contributed by atoms with E-state index >= 15 is 0 Å². The molecule has 0 fully saturated rings. The normalized spacial score (nSPS) is 11.9. The quantitative estimate of drug-likeness (QED) is 0.404. The highest BCUT2D eigenvalue weighted by Crippen LogP contribution is 2.17. The molecule has 0 saturated heterocycles. The van der Waals surface area contributed by atoms with Crippen molar-refractivity contribution in [1.29, 1.82) is 0 Å². The molecular weight excluding hydrogens is 446 g/mol. The molecule has 31 heavy (non-hydrogen) atoms. The van der Waals surface area contributed by atoms with Gasteiger partial charge in [-0.25, -0.2) is 32.9 Å². The van der Waals surface area contributed by atoms with Crippen LogP contribution in [0, 0.1) is 0 Å². The van der Waals surface area contributed by atoms with Gasteiger partial charge in [-0.15, -0.1) is 0 Å². The van der Waals surface area contributed by atoms with Gasteiger partial charge in [-0.05, 0) is 49.4 Å². The van der Waals surface area contributed by atoms with Crippen molar-refractivity contribution in [3.63, 3.8) is 0 Å². The number of esters is 1. The van der Waals surface area contributed by atoms with Gasteiger partial charge in [-0.3, -0.25) is 4.79 Å². The van der Waals surface area contributed by atoms with Gasteiger partial charge < -0.3 is 10.1 Å². The van der Waals surface area contributed by atoms with Gasteiger partial charge in [0.1, 0.15) is 5.15 Å². The topological polar surface area (TPSA) is 140 Å². The number of anilines is 2. The van der Waals surface area contributed by atoms with Crippen molar-refractivity contribution in [2.75, 3.05) is 10.0 Å². The van der Waals surface area contributed by atoms with Crippen LogP contribution in [0.2, 0.25) is 5.15 Å². The number of ether oxygens (including phenoxy) is 1. The Morgan fingerprint density at radius 2 is 1.71 bits per heavy atom. The lowest BCUT2D eigenvalue weighted by molar-refractivity contribution is -0.123. The number of carbonyl (C=O) groups is 2. The van der Waals surface area contributed by atoms with E-state index in [-0.39, 0.29) is 21.6 Å². The van der Waals surface area contributed by atoms with E-state index in [1.807, 2.05) is 0 Å². The second-order valence-electron chi connectivity index (χ2n) is 6.11. The molecule has 0 aliphatic carbocycles. The maximum Gasteiger partial charge on any atom is 0.339 e. The molecule has 2 aromatic heterocycles. The third-order valence-electron chi connectivity index (χ3n) is 3.84. The summed E-state index contributed by atoms with van der Waals surface area (Å²) in [5.74, 6) is -1.39. The average Bonchev–Trinajstić information content (AvgIpc) is 2.74. The fraction of sp³-hybridized carbons (Fsp3) is 0.105. The predicted molar refractivity (Wildman–Crippen MR) is 112 cm³/mol. The number of nitrogens with one attached hydrogen (secondary N) is 2. The van der Waals surface area contributed by atoms with Crippen molar-refractivity contribution in [3.8, 4) is 0 Å². The fourth-order valence-corrected chi connectivity index (χ4v) is 3.44. The molecule has 10 nitrogen and oxygen atoms in total. The van der Waals surface area contributed by atoms with Crippen LogP contribution in [0.15, 0.2) is 66.0 Å². The Morgan fingerprint density at radius 3 is 2.35 bits per heavy atom. The Labute approximate surface area is 182 Å². The van der Waals surface area contributed by atoms with E-state index in [0.717, 1.165) is 0 Å². The molecule has 0 spiro atoms. The highest BCUT2D eigenvalue weighted by molar-refractivity contribution is 7.92. The number of carbonyl (C=O) groups excluding carboxylic acids is 2. The van der Waals surface area contributed by atoms with Gasteiger partial charge in [0.15, 0.2) is 6.10 Å². The number of rotatable bonds is 7. The highest BCUT2D eigenvalue weighted by atomic mass is 35.5. The van der Waals surface area contributed by atoms with Crippen LogP contribution in [-0.2, 0) is 19.6 Å². The molecule has 0 aliphatic rings. The summed E-state index contributed by atoms with van der Waals surface area (Å²) in [7, 11) is -3.90. The van der Waals surface area contributed by atoms with E-state index in [1.54, 1.807) is 6.07 Å². The number of amides is 1. The van der Waals surface area contributed by atoms with Gasteiger partial charge in [0.2, 0.25) is 5.95 Å². The number of nitrogens with zero attached hydrogens (tertiary/aromatic N) is 3. The minimum Gasteiger partial charge on any atom is -0.449 e. The van der Waals surface area contributed by atoms with Crippen LogP contribution in [0.5, 0.6) is 0 Å². The van der Waals surface area contributed by atoms with E-state index in [9.17, 15) is 18.0 Å². The van der Waals surface area contributed by atoms with Crippen LogP contribution in [0.4, 0.5) is 11.6 Å². The Hall–Kier alpha value is -3.57. The molecule has 12 heteroatoms. The lowest BCUT2D eigenvalue weighted by Gasteiger charge is -2.14. The first-order valence-electron chi connectivity index (χ1n) is 8.78. The van der Waals surface area contributed by atoms with Gasteiger partial charge in [-0.1, -0.05) is 11.6 Å². The fourth-order valence-electron chi connectivity index (χ4n) is 2.30. The molecule has 2 N–H and O–H groups in total. The smallest absolute Gasteiger partial charge is 0.339 e. The monoisotopic (exact) mass is 461 g/mol. The van der Waals surface area contributed by atoms with Gasteiger partial charge >= 0.3 is 5.97 Å². The zero-order valence-corrected chi connectivity index (χ0v) is 17.6. The van der Waals surface area contributed by atoms with E-state index < -0.39 is 28.0 Å². The number of pyridine rings is 1. The van der Waals surface area contributed by atoms with Crippen LogP contribution in [0.1, 0.15) is 17.3 Å². The molecule has 0 bridgehead atoms. The molecular formula is C19H16ClN5O5S. The molecule has 3 aromatic rings. The summed E-state index contributed by atoms with van der Waals surface area (Å²) in [6.45, 7) is 1.40. The summed E-state index contributed by atoms with van der Waals surface area (Å²) >= 11 is 5.73. The van der Waals surface area contributed by atoms with Crippen molar-refractivity contribution >= 4 is 45.1 Å². The first-order chi connectivity index (χ1) is 14.7. The molecule has 1 amide bonds. The number of halogens is 1. The standard InChI is InChI=1S/C19H16ClN5O5S/c1-12(30-18(27)13-7-10-21-16(20)11-13)17(26)24-14-3-5-15(6-4-14)31(28,29)25-19-22-8-2-9-23-19/h2-12H,1H3,(H,24,26)(H,22,23,25). The van der Waals surface area contributed by atoms with Gasteiger partial charge in [0, 0.05) is 24.3 Å². The second-order valence-corrected chi connectivity index (χ2v) is 8.18. The van der Waals surface area contributed by atoms with E-state index in [2.05, 4.69) is 25.0 Å². The minimum absolute atomic E-state index is 0.0491. The Kier molecular flexibility index (Phi) is 6.78. The minimum atomic E-state index is -3.90. The molecule has 0 aliphatic heterocycles. The largest absolute Gasteiger partial charge is 0.449 e. The SMILES string of the molecule is CC(OC(=O)c1ccnc(Cl)c1)C(=O)Nc1ccc(S(=O)(=O)Nc2ncccn2)cc1. The van der Waals surface area contributed by atoms with Gasteiger partial charge in [-0.2, -0.15) is 0 Å². The van der Waals surface area contributed by atoms with Crippen LogP contribution in [-0.4, -0.2) is 41.4 Å². The maximum absolute atomic E-state index is 12.4. The maximum atomic E-state index is 12.4. The van der Waals surface area contributed by atoms with Gasteiger partial charge in [0.05, 0.1) is 10.5 Å². The lowest BCUT2D eigenvalue weighted by atomic mass is 10.2. The summed E-state index contributed by atoms with van der Waals surface area (Å²) in [5.41, 5.74) is 0.471. The summed E-state index contributed by atoms with van der Waals surface area (Å²) in [5, 5.41) is 2.66. The van der Waals surface area contributed by atoms with Crippen LogP contribution >= 0.6 is 11.6 Å². The second kappa shape index (κ2) is 9.49. The van der Waals surface area contributed by atoms with Crippen molar-refractivity contribution in [1.82, 2.24) is 15.0 Å². The molecule has 0 saturated carbocycles. The van der Waals surface area contributed by atoms with Crippen LogP contribution in [0.3, 0.4) is 0 Å². The Balaban J connectivity index is 1.61. The number of benzene rings is 1. The molecule has 1 atom stereocenters. The van der Waals surface area contributed by atoms with E-state index in [4.69, 9.17) is 16.3 Å². The predicted octanol–water partition coefficient (Wildman–Crippen LogP) is 2.51. The zero-order valence-electron chi connectivity index (χ0n) is 16.0. The molecule has 1 aromatic carbocycles. The van der Waals surface area contributed by atoms with E-state index in [1.165, 1.54) is 61.9 Å². The number of sulfonamides is 1. The molecule has 3 rings (SSSR count). The van der Waals surface area contributed by atoms with Gasteiger partial charge in [0.25, 0.3) is 15.9 Å². The van der Waals surface area contributed by atoms with Crippen molar-refractivity contribution in [2.45, 2.75) is 17.9 Å². The van der Waals surface area contributed by atoms with Crippen LogP contribution in [0.25, 0.3) is 0 Å². The van der Waals surface area contributed by atoms with Crippen LogP contribution < -0.4 is 10.0 Å². The number of hydrogen-bond acceptors (Lipinski definition) is 8. The average molecular weight is 462 g/mol. The van der Waals surface area contributed by atoms with Crippen molar-refractivity contribution < 1.29 is 22.7 Å². The van der Waals surface area contributed by atoms with Crippen molar-refractivity contribution in [2.24, 2.45) is 0 Å². The summed E-state index contributed by atoms with van der Waals surface area (Å²) in [6, 6.07) is 9.69. The molecule has 160 valence electrons. The zero-order chi connectivity index (χ0) is 22.4. The number of hydrogen-bond donors (Lipinski definition) is 2. The molecule has 2 heterocycles. The summed E-state index contributed by atoms with van der Waals surface area (Å²) < 4.78 is 32.1. The third kappa shape index (κ3) is 5.96. The third-order valence-corrected chi connectivity index (χ3v) is 5.39. The molecule has 1 unspecified atom stereocenters. The van der Waals surface area contributed by atoms with E-state index in [0.29, 0.717) is 5.69 Å². The summed E-state index contributed by atoms with van der Waals surface area (Å²) in [6.07, 6.45) is 3.04. The first-order valence-corrected chi connectivity index (χ1v) is 10.6. The number of aromatic nitrogens is 3. The summed E-state index contributed by atoms with van der Waals surface area (Å²) in [4.78, 5) is 35.7. The lowest BCUT2D eigenvalue weighted by Crippen LogP contribution is -2.30. The first kappa shape index (κ1) is 22.1. The Bertz CT molecular complexity index is 1190. The molecule has 0 radical (unpaired) electrons. The Morgan fingerprint density at radius 1 is 1.03 bits per heavy atom. The van der Waals surface area contributed by atoms with Crippen molar-refractivity contribution in [3.05, 3.63) is 71.8 Å².